The normalized spacial score (nSPS) is 10.6. The van der Waals surface area contributed by atoms with Crippen LogP contribution in [0.3, 0.4) is 0 Å². The maximum absolute atomic E-state index is 11.8. The number of hydrogen-bond acceptors (Lipinski definition) is 3. The Morgan fingerprint density at radius 1 is 1.67 bits per heavy atom. The average molecular weight is 275 g/mol. The van der Waals surface area contributed by atoms with Gasteiger partial charge >= 0.3 is 0 Å². The molecule has 1 N–H and O–H groups in total. The molecule has 84 valence electrons. The Kier molecular flexibility index (Phi) is 4.98. The van der Waals surface area contributed by atoms with Gasteiger partial charge in [-0.3, -0.25) is 9.48 Å². The first-order valence-corrected chi connectivity index (χ1v) is 5.85. The van der Waals surface area contributed by atoms with Gasteiger partial charge in [-0.2, -0.15) is 5.10 Å². The maximum Gasteiger partial charge on any atom is 0.182 e. The van der Waals surface area contributed by atoms with Crippen molar-refractivity contribution in [3.05, 3.63) is 16.4 Å². The fourth-order valence-corrected chi connectivity index (χ4v) is 1.90. The van der Waals surface area contributed by atoms with E-state index in [2.05, 4.69) is 21.0 Å². The van der Waals surface area contributed by atoms with Crippen molar-refractivity contribution in [1.82, 2.24) is 9.78 Å². The minimum absolute atomic E-state index is 0.0295. The molecular formula is C10H15BrN2O2. The SMILES string of the molecule is CCCn1ncc(Br)c1C(=O)CCCO. The molecular weight excluding hydrogens is 260 g/mol. The minimum Gasteiger partial charge on any atom is -0.396 e. The van der Waals surface area contributed by atoms with Crippen LogP contribution in [-0.2, 0) is 6.54 Å². The molecule has 0 atom stereocenters. The number of carbonyl (C=O) groups is 1. The topological polar surface area (TPSA) is 55.1 Å². The summed E-state index contributed by atoms with van der Waals surface area (Å²) in [6.45, 7) is 2.83. The Balaban J connectivity index is 2.80. The summed E-state index contributed by atoms with van der Waals surface area (Å²) in [5, 5.41) is 12.8. The van der Waals surface area contributed by atoms with Crippen molar-refractivity contribution in [3.8, 4) is 0 Å². The largest absolute Gasteiger partial charge is 0.396 e. The zero-order valence-electron chi connectivity index (χ0n) is 8.74. The van der Waals surface area contributed by atoms with Crippen LogP contribution in [0.4, 0.5) is 0 Å². The van der Waals surface area contributed by atoms with Crippen molar-refractivity contribution in [2.75, 3.05) is 6.61 Å². The molecule has 0 saturated carbocycles. The van der Waals surface area contributed by atoms with Crippen molar-refractivity contribution in [1.29, 1.82) is 0 Å². The Hall–Kier alpha value is -0.680. The third-order valence-electron chi connectivity index (χ3n) is 2.06. The van der Waals surface area contributed by atoms with E-state index in [-0.39, 0.29) is 12.4 Å². The molecule has 1 aromatic rings. The quantitative estimate of drug-likeness (QED) is 0.808. The third-order valence-corrected chi connectivity index (χ3v) is 2.64. The van der Waals surface area contributed by atoms with E-state index in [4.69, 9.17) is 5.11 Å². The standard InChI is InChI=1S/C10H15BrN2O2/c1-2-5-13-10(8(11)7-12-13)9(15)4-3-6-14/h7,14H,2-6H2,1H3. The van der Waals surface area contributed by atoms with Gasteiger partial charge in [0.2, 0.25) is 0 Å². The maximum atomic E-state index is 11.8. The Morgan fingerprint density at radius 2 is 2.40 bits per heavy atom. The van der Waals surface area contributed by atoms with E-state index in [0.717, 1.165) is 17.4 Å². The van der Waals surface area contributed by atoms with Crippen molar-refractivity contribution >= 4 is 21.7 Å². The molecule has 0 bridgehead atoms. The zero-order valence-corrected chi connectivity index (χ0v) is 10.3. The van der Waals surface area contributed by atoms with Crippen LogP contribution >= 0.6 is 15.9 Å². The summed E-state index contributed by atoms with van der Waals surface area (Å²) in [6.07, 6.45) is 3.45. The highest BCUT2D eigenvalue weighted by Gasteiger charge is 2.15. The Morgan fingerprint density at radius 3 is 3.00 bits per heavy atom. The van der Waals surface area contributed by atoms with Crippen molar-refractivity contribution < 1.29 is 9.90 Å². The average Bonchev–Trinajstić information content (AvgIpc) is 2.57. The van der Waals surface area contributed by atoms with Gasteiger partial charge in [-0.1, -0.05) is 6.92 Å². The first-order valence-electron chi connectivity index (χ1n) is 5.06. The molecule has 0 aromatic carbocycles. The highest BCUT2D eigenvalue weighted by atomic mass is 79.9. The lowest BCUT2D eigenvalue weighted by molar-refractivity contribution is 0.0960. The number of hydrogen-bond donors (Lipinski definition) is 1. The molecule has 0 amide bonds. The highest BCUT2D eigenvalue weighted by Crippen LogP contribution is 2.18. The fourth-order valence-electron chi connectivity index (χ4n) is 1.38. The number of aromatic nitrogens is 2. The van der Waals surface area contributed by atoms with Gasteiger partial charge in [0.25, 0.3) is 0 Å². The van der Waals surface area contributed by atoms with Crippen molar-refractivity contribution in [2.45, 2.75) is 32.7 Å². The molecule has 15 heavy (non-hydrogen) atoms. The van der Waals surface area contributed by atoms with Gasteiger partial charge in [0.05, 0.1) is 10.7 Å². The molecule has 0 fully saturated rings. The number of rotatable bonds is 6. The van der Waals surface area contributed by atoms with Crippen LogP contribution in [0.5, 0.6) is 0 Å². The molecule has 0 spiro atoms. The number of carbonyl (C=O) groups excluding carboxylic acids is 1. The lowest BCUT2D eigenvalue weighted by atomic mass is 10.2. The molecule has 1 aromatic heterocycles. The van der Waals surface area contributed by atoms with Gasteiger partial charge in [0.1, 0.15) is 5.69 Å². The molecule has 0 saturated heterocycles. The molecule has 0 unspecified atom stereocenters. The monoisotopic (exact) mass is 274 g/mol. The number of aliphatic hydroxyl groups is 1. The Labute approximate surface area is 97.4 Å². The van der Waals surface area contributed by atoms with Crippen LogP contribution in [0.15, 0.2) is 10.7 Å². The van der Waals surface area contributed by atoms with Crippen molar-refractivity contribution in [2.24, 2.45) is 0 Å². The first-order chi connectivity index (χ1) is 7.20. The van der Waals surface area contributed by atoms with E-state index in [1.165, 1.54) is 0 Å². The predicted octanol–water partition coefficient (Wildman–Crippen LogP) is 2.01. The van der Waals surface area contributed by atoms with E-state index >= 15 is 0 Å². The molecule has 1 heterocycles. The summed E-state index contributed by atoms with van der Waals surface area (Å²) in [5.74, 6) is 0.0295. The zero-order chi connectivity index (χ0) is 11.3. The van der Waals surface area contributed by atoms with E-state index in [0.29, 0.717) is 18.5 Å². The van der Waals surface area contributed by atoms with Crippen molar-refractivity contribution in [3.63, 3.8) is 0 Å². The van der Waals surface area contributed by atoms with Gasteiger partial charge < -0.3 is 5.11 Å². The lowest BCUT2D eigenvalue weighted by Crippen LogP contribution is -2.11. The summed E-state index contributed by atoms with van der Waals surface area (Å²) in [7, 11) is 0. The van der Waals surface area contributed by atoms with Gasteiger partial charge in [0.15, 0.2) is 5.78 Å². The van der Waals surface area contributed by atoms with Crippen LogP contribution < -0.4 is 0 Å². The summed E-state index contributed by atoms with van der Waals surface area (Å²) < 4.78 is 2.45. The second-order valence-electron chi connectivity index (χ2n) is 3.31. The number of halogens is 1. The number of Topliss-reactive ketones (excluding diaryl/α,β-unsaturated/α-hetero) is 1. The number of ketones is 1. The predicted molar refractivity (Wildman–Crippen MR) is 60.9 cm³/mol. The van der Waals surface area contributed by atoms with E-state index in [9.17, 15) is 4.79 Å². The molecule has 1 rings (SSSR count). The Bertz CT molecular complexity index is 336. The van der Waals surface area contributed by atoms with Gasteiger partial charge in [-0.25, -0.2) is 0 Å². The van der Waals surface area contributed by atoms with Crippen LogP contribution in [0.25, 0.3) is 0 Å². The van der Waals surface area contributed by atoms with Gasteiger partial charge in [-0.05, 0) is 28.8 Å². The summed E-state index contributed by atoms with van der Waals surface area (Å²) in [4.78, 5) is 11.8. The molecule has 5 heteroatoms. The molecule has 0 radical (unpaired) electrons. The number of aliphatic hydroxyl groups excluding tert-OH is 1. The summed E-state index contributed by atoms with van der Waals surface area (Å²) in [5.41, 5.74) is 0.616. The molecule has 4 nitrogen and oxygen atoms in total. The fraction of sp³-hybridized carbons (Fsp3) is 0.600. The van der Waals surface area contributed by atoms with Crippen LogP contribution in [0, 0.1) is 0 Å². The van der Waals surface area contributed by atoms with E-state index in [1.807, 2.05) is 6.92 Å². The molecule has 0 aliphatic carbocycles. The molecule has 0 aliphatic rings. The molecule has 0 aliphatic heterocycles. The van der Waals surface area contributed by atoms with Gasteiger partial charge in [0, 0.05) is 19.6 Å². The second-order valence-corrected chi connectivity index (χ2v) is 4.17. The number of nitrogens with zero attached hydrogens (tertiary/aromatic N) is 2. The van der Waals surface area contributed by atoms with E-state index in [1.54, 1.807) is 10.9 Å². The smallest absolute Gasteiger partial charge is 0.182 e. The highest BCUT2D eigenvalue weighted by molar-refractivity contribution is 9.10. The summed E-state index contributed by atoms with van der Waals surface area (Å²) >= 11 is 3.31. The first kappa shape index (κ1) is 12.4. The summed E-state index contributed by atoms with van der Waals surface area (Å²) in [6, 6.07) is 0. The minimum atomic E-state index is 0.0295. The second kappa shape index (κ2) is 6.02. The van der Waals surface area contributed by atoms with Gasteiger partial charge in [-0.15, -0.1) is 0 Å². The van der Waals surface area contributed by atoms with E-state index < -0.39 is 0 Å². The van der Waals surface area contributed by atoms with Crippen LogP contribution in [-0.4, -0.2) is 27.3 Å². The van der Waals surface area contributed by atoms with Crippen LogP contribution in [0.1, 0.15) is 36.7 Å². The lowest BCUT2D eigenvalue weighted by Gasteiger charge is -2.05. The van der Waals surface area contributed by atoms with Crippen LogP contribution in [0.2, 0.25) is 0 Å². The number of aryl methyl sites for hydroxylation is 1. The third kappa shape index (κ3) is 3.14.